The van der Waals surface area contributed by atoms with Crippen molar-refractivity contribution >= 4 is 29.2 Å². The molecule has 1 heterocycles. The molecule has 10 nitrogen and oxygen atoms in total. The molecule has 0 fully saturated rings. The molecule has 2 N–H and O–H groups in total. The molecule has 0 aliphatic carbocycles. The van der Waals surface area contributed by atoms with Gasteiger partial charge in [-0.3, -0.25) is 14.7 Å². The van der Waals surface area contributed by atoms with Crippen molar-refractivity contribution in [3.8, 4) is 11.4 Å². The molecule has 0 saturated carbocycles. The van der Waals surface area contributed by atoms with Gasteiger partial charge in [-0.1, -0.05) is 53.7 Å². The van der Waals surface area contributed by atoms with Crippen molar-refractivity contribution in [2.75, 3.05) is 11.9 Å². The average molecular weight is 519 g/mol. The Morgan fingerprint density at radius 2 is 1.86 bits per heavy atom. The lowest BCUT2D eigenvalue weighted by molar-refractivity contribution is -0.384. The minimum absolute atomic E-state index is 0.0159. The number of rotatable bonds is 10. The van der Waals surface area contributed by atoms with Crippen LogP contribution in [0.1, 0.15) is 23.9 Å². The number of benzene rings is 3. The highest BCUT2D eigenvalue weighted by molar-refractivity contribution is 7.98. The van der Waals surface area contributed by atoms with Gasteiger partial charge in [0.25, 0.3) is 5.69 Å². The van der Waals surface area contributed by atoms with Gasteiger partial charge in [-0.15, -0.1) is 10.2 Å². The number of amides is 2. The number of nitro benzene ring substituents is 1. The topological polar surface area (TPSA) is 124 Å². The number of carbonyl (C=O) groups excluding carboxylic acids is 1. The number of anilines is 1. The summed E-state index contributed by atoms with van der Waals surface area (Å²) in [5, 5.41) is 26.0. The Labute approximate surface area is 218 Å². The first kappa shape index (κ1) is 25.7. The monoisotopic (exact) mass is 518 g/mol. The summed E-state index contributed by atoms with van der Waals surface area (Å²) in [5.74, 6) is 1.72. The molecule has 4 aromatic rings. The SMILES string of the molecule is CCOc1ccccc1NC(=O)NCc1nnc(SCc2cccc(C)c2)n1-c1ccc([N+](=O)[O-])cc1. The molecule has 37 heavy (non-hydrogen) atoms. The van der Waals surface area contributed by atoms with E-state index in [4.69, 9.17) is 4.74 Å². The van der Waals surface area contributed by atoms with Gasteiger partial charge >= 0.3 is 6.03 Å². The van der Waals surface area contributed by atoms with Crippen LogP contribution in [0.5, 0.6) is 5.75 Å². The number of nitrogens with one attached hydrogen (secondary N) is 2. The molecule has 0 unspecified atom stereocenters. The number of para-hydroxylation sites is 2. The van der Waals surface area contributed by atoms with Gasteiger partial charge in [-0.05, 0) is 43.7 Å². The van der Waals surface area contributed by atoms with Crippen LogP contribution in [-0.2, 0) is 12.3 Å². The van der Waals surface area contributed by atoms with Crippen molar-refractivity contribution in [3.05, 3.63) is 99.9 Å². The van der Waals surface area contributed by atoms with Crippen LogP contribution in [-0.4, -0.2) is 32.3 Å². The predicted molar refractivity (Wildman–Crippen MR) is 142 cm³/mol. The van der Waals surface area contributed by atoms with Gasteiger partial charge in [-0.25, -0.2) is 4.79 Å². The molecular weight excluding hydrogens is 492 g/mol. The maximum absolute atomic E-state index is 12.6. The van der Waals surface area contributed by atoms with E-state index in [9.17, 15) is 14.9 Å². The van der Waals surface area contributed by atoms with E-state index in [0.29, 0.717) is 40.5 Å². The van der Waals surface area contributed by atoms with Crippen LogP contribution in [0.2, 0.25) is 0 Å². The van der Waals surface area contributed by atoms with E-state index < -0.39 is 11.0 Å². The first-order chi connectivity index (χ1) is 17.9. The van der Waals surface area contributed by atoms with E-state index >= 15 is 0 Å². The number of ether oxygens (including phenoxy) is 1. The highest BCUT2D eigenvalue weighted by Gasteiger charge is 2.17. The Kier molecular flexibility index (Phi) is 8.37. The molecule has 0 aliphatic rings. The fourth-order valence-electron chi connectivity index (χ4n) is 3.62. The zero-order valence-electron chi connectivity index (χ0n) is 20.4. The zero-order valence-corrected chi connectivity index (χ0v) is 21.2. The number of nitrogens with zero attached hydrogens (tertiary/aromatic N) is 4. The summed E-state index contributed by atoms with van der Waals surface area (Å²) >= 11 is 1.49. The van der Waals surface area contributed by atoms with Crippen molar-refractivity contribution in [1.82, 2.24) is 20.1 Å². The fraction of sp³-hybridized carbons (Fsp3) is 0.192. The molecule has 0 saturated heterocycles. The van der Waals surface area contributed by atoms with E-state index in [-0.39, 0.29) is 12.2 Å². The third-order valence-electron chi connectivity index (χ3n) is 5.31. The lowest BCUT2D eigenvalue weighted by Crippen LogP contribution is -2.29. The van der Waals surface area contributed by atoms with Crippen molar-refractivity contribution < 1.29 is 14.5 Å². The van der Waals surface area contributed by atoms with Crippen molar-refractivity contribution in [1.29, 1.82) is 0 Å². The molecule has 1 aromatic heterocycles. The molecule has 2 amide bonds. The third kappa shape index (κ3) is 6.64. The number of hydrogen-bond donors (Lipinski definition) is 2. The Hall–Kier alpha value is -4.38. The third-order valence-corrected chi connectivity index (χ3v) is 6.31. The fourth-order valence-corrected chi connectivity index (χ4v) is 4.53. The predicted octanol–water partition coefficient (Wildman–Crippen LogP) is 5.50. The molecule has 190 valence electrons. The Bertz CT molecular complexity index is 1390. The van der Waals surface area contributed by atoms with E-state index in [0.717, 1.165) is 11.1 Å². The number of aryl methyl sites for hydroxylation is 1. The van der Waals surface area contributed by atoms with E-state index in [1.54, 1.807) is 34.9 Å². The van der Waals surface area contributed by atoms with Gasteiger partial charge in [0.1, 0.15) is 5.75 Å². The highest BCUT2D eigenvalue weighted by Crippen LogP contribution is 2.27. The van der Waals surface area contributed by atoms with Crippen LogP contribution in [0, 0.1) is 17.0 Å². The van der Waals surface area contributed by atoms with Crippen LogP contribution in [0.3, 0.4) is 0 Å². The van der Waals surface area contributed by atoms with E-state index in [2.05, 4.69) is 26.9 Å². The van der Waals surface area contributed by atoms with Gasteiger partial charge in [0.2, 0.25) is 0 Å². The highest BCUT2D eigenvalue weighted by atomic mass is 32.2. The maximum Gasteiger partial charge on any atom is 0.319 e. The molecule has 0 bridgehead atoms. The van der Waals surface area contributed by atoms with Crippen LogP contribution >= 0.6 is 11.8 Å². The van der Waals surface area contributed by atoms with Crippen LogP contribution in [0.4, 0.5) is 16.2 Å². The molecule has 0 aliphatic heterocycles. The lowest BCUT2D eigenvalue weighted by atomic mass is 10.2. The average Bonchev–Trinajstić information content (AvgIpc) is 3.30. The summed E-state index contributed by atoms with van der Waals surface area (Å²) < 4.78 is 7.35. The summed E-state index contributed by atoms with van der Waals surface area (Å²) in [6.45, 7) is 4.46. The van der Waals surface area contributed by atoms with Gasteiger partial charge in [0.05, 0.1) is 23.8 Å². The normalized spacial score (nSPS) is 10.6. The number of nitro groups is 1. The quantitative estimate of drug-likeness (QED) is 0.161. The summed E-state index contributed by atoms with van der Waals surface area (Å²) in [5.41, 5.74) is 3.49. The van der Waals surface area contributed by atoms with Gasteiger partial charge in [-0.2, -0.15) is 0 Å². The minimum Gasteiger partial charge on any atom is -0.492 e. The molecule has 0 atom stereocenters. The number of aromatic nitrogens is 3. The second-order valence-electron chi connectivity index (χ2n) is 8.02. The summed E-state index contributed by atoms with van der Waals surface area (Å²) in [4.78, 5) is 23.3. The Balaban J connectivity index is 1.54. The lowest BCUT2D eigenvalue weighted by Gasteiger charge is -2.13. The second-order valence-corrected chi connectivity index (χ2v) is 8.96. The van der Waals surface area contributed by atoms with Crippen molar-refractivity contribution in [2.45, 2.75) is 31.3 Å². The van der Waals surface area contributed by atoms with Gasteiger partial charge in [0.15, 0.2) is 11.0 Å². The van der Waals surface area contributed by atoms with Crippen molar-refractivity contribution in [3.63, 3.8) is 0 Å². The largest absolute Gasteiger partial charge is 0.492 e. The number of thioether (sulfide) groups is 1. The molecule has 4 rings (SSSR count). The molecule has 11 heteroatoms. The molecule has 3 aromatic carbocycles. The summed E-state index contributed by atoms with van der Waals surface area (Å²) in [6.07, 6.45) is 0. The summed E-state index contributed by atoms with van der Waals surface area (Å²) in [6, 6.07) is 21.1. The zero-order chi connectivity index (χ0) is 26.2. The Morgan fingerprint density at radius 3 is 2.59 bits per heavy atom. The second kappa shape index (κ2) is 12.0. The number of non-ortho nitro benzene ring substituents is 1. The Morgan fingerprint density at radius 1 is 1.08 bits per heavy atom. The van der Waals surface area contributed by atoms with Crippen LogP contribution in [0.25, 0.3) is 5.69 Å². The minimum atomic E-state index is -0.448. The van der Waals surface area contributed by atoms with E-state index in [1.807, 2.05) is 38.1 Å². The smallest absolute Gasteiger partial charge is 0.319 e. The molecular formula is C26H26N6O4S. The number of urea groups is 1. The van der Waals surface area contributed by atoms with Crippen molar-refractivity contribution in [2.24, 2.45) is 0 Å². The van der Waals surface area contributed by atoms with Crippen LogP contribution in [0.15, 0.2) is 78.0 Å². The number of carbonyl (C=O) groups is 1. The van der Waals surface area contributed by atoms with Crippen LogP contribution < -0.4 is 15.4 Å². The number of hydrogen-bond acceptors (Lipinski definition) is 7. The maximum atomic E-state index is 12.6. The first-order valence-electron chi connectivity index (χ1n) is 11.6. The summed E-state index contributed by atoms with van der Waals surface area (Å²) in [7, 11) is 0. The van der Waals surface area contributed by atoms with E-state index in [1.165, 1.54) is 23.9 Å². The standard InChI is InChI=1S/C26H26N6O4S/c1-3-36-23-10-5-4-9-22(23)28-25(33)27-16-24-29-30-26(37-17-19-8-6-7-18(2)15-19)31(24)20-11-13-21(14-12-20)32(34)35/h4-15H,3,16-17H2,1-2H3,(H2,27,28,33). The van der Waals surface area contributed by atoms with Gasteiger partial charge < -0.3 is 15.4 Å². The molecule has 0 spiro atoms. The van der Waals surface area contributed by atoms with Gasteiger partial charge in [0, 0.05) is 23.6 Å². The first-order valence-corrected chi connectivity index (χ1v) is 12.6. The molecule has 0 radical (unpaired) electrons.